The van der Waals surface area contributed by atoms with Gasteiger partial charge in [-0.3, -0.25) is 9.59 Å². The molecule has 2 aromatic rings. The Hall–Kier alpha value is -1.82. The van der Waals surface area contributed by atoms with Crippen molar-refractivity contribution >= 4 is 27.7 Å². The van der Waals surface area contributed by atoms with Crippen LogP contribution in [0, 0.1) is 6.92 Å². The van der Waals surface area contributed by atoms with Crippen molar-refractivity contribution in [1.82, 2.24) is 4.57 Å². The molecule has 0 spiro atoms. The van der Waals surface area contributed by atoms with E-state index < -0.39 is 0 Å². The predicted octanol–water partition coefficient (Wildman–Crippen LogP) is 4.60. The van der Waals surface area contributed by atoms with Crippen molar-refractivity contribution in [2.24, 2.45) is 0 Å². The number of hydrogen-bond donors (Lipinski definition) is 0. The molecule has 0 aliphatic carbocycles. The lowest BCUT2D eigenvalue weighted by Gasteiger charge is -2.17. The van der Waals surface area contributed by atoms with Crippen LogP contribution < -0.4 is 0 Å². The van der Waals surface area contributed by atoms with E-state index in [0.717, 1.165) is 37.1 Å². The first-order chi connectivity index (χ1) is 11.9. The van der Waals surface area contributed by atoms with Gasteiger partial charge in [0.2, 0.25) is 5.78 Å². The Morgan fingerprint density at radius 1 is 1.32 bits per heavy atom. The lowest BCUT2D eigenvalue weighted by atomic mass is 9.99. The molecule has 3 heterocycles. The van der Waals surface area contributed by atoms with Crippen molar-refractivity contribution in [3.8, 4) is 0 Å². The molecule has 0 bridgehead atoms. The fraction of sp³-hybridized carbons (Fsp3) is 0.474. The SMILES string of the molecule is Cc1cc2n(c1C(=O)c1ccc(Br)o1)CCCCC2C(=O)OC(C)C. The summed E-state index contributed by atoms with van der Waals surface area (Å²) in [4.78, 5) is 25.5. The number of aryl methyl sites for hydroxylation is 1. The zero-order valence-corrected chi connectivity index (χ0v) is 16.3. The normalized spacial score (nSPS) is 17.2. The monoisotopic (exact) mass is 407 g/mol. The molecule has 134 valence electrons. The van der Waals surface area contributed by atoms with E-state index in [0.29, 0.717) is 16.1 Å². The van der Waals surface area contributed by atoms with Gasteiger partial charge < -0.3 is 13.7 Å². The highest BCUT2D eigenvalue weighted by Gasteiger charge is 2.32. The van der Waals surface area contributed by atoms with Crippen molar-refractivity contribution in [1.29, 1.82) is 0 Å². The first-order valence-corrected chi connectivity index (χ1v) is 9.38. The maximum Gasteiger partial charge on any atom is 0.315 e. The van der Waals surface area contributed by atoms with Gasteiger partial charge in [0.1, 0.15) is 0 Å². The zero-order chi connectivity index (χ0) is 18.1. The highest BCUT2D eigenvalue weighted by Crippen LogP contribution is 2.33. The van der Waals surface area contributed by atoms with E-state index in [1.165, 1.54) is 0 Å². The summed E-state index contributed by atoms with van der Waals surface area (Å²) in [6.45, 7) is 6.32. The van der Waals surface area contributed by atoms with Crippen LogP contribution in [0.3, 0.4) is 0 Å². The minimum Gasteiger partial charge on any atom is -0.462 e. The fourth-order valence-electron chi connectivity index (χ4n) is 3.41. The molecule has 1 unspecified atom stereocenters. The first-order valence-electron chi connectivity index (χ1n) is 8.59. The summed E-state index contributed by atoms with van der Waals surface area (Å²) in [7, 11) is 0. The highest BCUT2D eigenvalue weighted by molar-refractivity contribution is 9.10. The average Bonchev–Trinajstić information content (AvgIpc) is 3.03. The molecule has 3 rings (SSSR count). The molecule has 2 aromatic heterocycles. The number of halogens is 1. The van der Waals surface area contributed by atoms with Crippen LogP contribution in [0.5, 0.6) is 0 Å². The highest BCUT2D eigenvalue weighted by atomic mass is 79.9. The number of esters is 1. The van der Waals surface area contributed by atoms with E-state index in [9.17, 15) is 9.59 Å². The van der Waals surface area contributed by atoms with Crippen LogP contribution in [-0.2, 0) is 16.1 Å². The smallest absolute Gasteiger partial charge is 0.315 e. The molecule has 0 radical (unpaired) electrons. The molecule has 0 amide bonds. The topological polar surface area (TPSA) is 61.4 Å². The molecule has 0 N–H and O–H groups in total. The average molecular weight is 408 g/mol. The standard InChI is InChI=1S/C19H22BrNO4/c1-11(2)24-19(23)13-6-4-5-9-21-14(13)10-12(3)17(21)18(22)15-7-8-16(20)25-15/h7-8,10-11,13H,4-6,9H2,1-3H3. The molecular formula is C19H22BrNO4. The van der Waals surface area contributed by atoms with Gasteiger partial charge in [-0.25, -0.2) is 0 Å². The van der Waals surface area contributed by atoms with E-state index in [-0.39, 0.29) is 23.8 Å². The number of carbonyl (C=O) groups excluding carboxylic acids is 2. The Balaban J connectivity index is 2.02. The Labute approximate surface area is 155 Å². The summed E-state index contributed by atoms with van der Waals surface area (Å²) in [5, 5.41) is 0. The molecule has 1 aliphatic heterocycles. The molecule has 1 aliphatic rings. The van der Waals surface area contributed by atoms with E-state index in [1.54, 1.807) is 12.1 Å². The molecule has 5 nitrogen and oxygen atoms in total. The van der Waals surface area contributed by atoms with Gasteiger partial charge in [0.25, 0.3) is 0 Å². The van der Waals surface area contributed by atoms with Crippen molar-refractivity contribution in [2.45, 2.75) is 58.6 Å². The lowest BCUT2D eigenvalue weighted by molar-refractivity contribution is -0.149. The number of carbonyl (C=O) groups is 2. The zero-order valence-electron chi connectivity index (χ0n) is 14.7. The van der Waals surface area contributed by atoms with Gasteiger partial charge in [0.15, 0.2) is 10.4 Å². The van der Waals surface area contributed by atoms with E-state index in [2.05, 4.69) is 15.9 Å². The van der Waals surface area contributed by atoms with Crippen molar-refractivity contribution in [2.75, 3.05) is 0 Å². The minimum absolute atomic E-state index is 0.151. The van der Waals surface area contributed by atoms with E-state index in [4.69, 9.17) is 9.15 Å². The summed E-state index contributed by atoms with van der Waals surface area (Å²) >= 11 is 3.23. The number of nitrogens with zero attached hydrogens (tertiary/aromatic N) is 1. The van der Waals surface area contributed by atoms with Crippen LogP contribution >= 0.6 is 15.9 Å². The van der Waals surface area contributed by atoms with Crippen molar-refractivity contribution < 1.29 is 18.7 Å². The molecule has 0 saturated carbocycles. The first kappa shape index (κ1) is 18.0. The number of furan rings is 1. The second kappa shape index (κ2) is 7.20. The molecular weight excluding hydrogens is 386 g/mol. The van der Waals surface area contributed by atoms with Gasteiger partial charge in [0.05, 0.1) is 17.7 Å². The van der Waals surface area contributed by atoms with Crippen LogP contribution in [0.2, 0.25) is 0 Å². The van der Waals surface area contributed by atoms with Gasteiger partial charge in [-0.2, -0.15) is 0 Å². The molecule has 0 saturated heterocycles. The summed E-state index contributed by atoms with van der Waals surface area (Å²) in [6, 6.07) is 5.31. The molecule has 25 heavy (non-hydrogen) atoms. The van der Waals surface area contributed by atoms with Gasteiger partial charge >= 0.3 is 5.97 Å². The Morgan fingerprint density at radius 2 is 2.08 bits per heavy atom. The van der Waals surface area contributed by atoms with Crippen LogP contribution in [0.25, 0.3) is 0 Å². The molecule has 0 fully saturated rings. The predicted molar refractivity (Wildman–Crippen MR) is 96.8 cm³/mol. The summed E-state index contributed by atoms with van der Waals surface area (Å²) in [5.41, 5.74) is 2.33. The Bertz CT molecular complexity index is 802. The largest absolute Gasteiger partial charge is 0.462 e. The molecule has 6 heteroatoms. The Kier molecular flexibility index (Phi) is 5.18. The summed E-state index contributed by atoms with van der Waals surface area (Å²) in [6.07, 6.45) is 2.45. The molecule has 1 atom stereocenters. The van der Waals surface area contributed by atoms with E-state index >= 15 is 0 Å². The van der Waals surface area contributed by atoms with Crippen molar-refractivity contribution in [3.63, 3.8) is 0 Å². The Morgan fingerprint density at radius 3 is 2.72 bits per heavy atom. The second-order valence-corrected chi connectivity index (χ2v) is 7.50. The van der Waals surface area contributed by atoms with Crippen LogP contribution in [0.4, 0.5) is 0 Å². The van der Waals surface area contributed by atoms with Crippen molar-refractivity contribution in [3.05, 3.63) is 45.6 Å². The van der Waals surface area contributed by atoms with Gasteiger partial charge in [-0.15, -0.1) is 0 Å². The number of aromatic nitrogens is 1. The summed E-state index contributed by atoms with van der Waals surface area (Å²) in [5.74, 6) is -0.405. The number of ether oxygens (including phenoxy) is 1. The number of ketones is 1. The fourth-order valence-corrected chi connectivity index (χ4v) is 3.72. The van der Waals surface area contributed by atoms with Crippen LogP contribution in [0.15, 0.2) is 27.3 Å². The summed E-state index contributed by atoms with van der Waals surface area (Å²) < 4.78 is 13.4. The minimum atomic E-state index is -0.325. The van der Waals surface area contributed by atoms with Crippen LogP contribution in [0.1, 0.15) is 66.5 Å². The number of rotatable bonds is 4. The van der Waals surface area contributed by atoms with Crippen LogP contribution in [-0.4, -0.2) is 22.4 Å². The second-order valence-electron chi connectivity index (χ2n) is 6.72. The van der Waals surface area contributed by atoms with Gasteiger partial charge in [-0.05, 0) is 73.3 Å². The van der Waals surface area contributed by atoms with E-state index in [1.807, 2.05) is 31.4 Å². The lowest BCUT2D eigenvalue weighted by Crippen LogP contribution is -2.21. The third-order valence-corrected chi connectivity index (χ3v) is 4.88. The van der Waals surface area contributed by atoms with Gasteiger partial charge in [-0.1, -0.05) is 6.42 Å². The number of hydrogen-bond acceptors (Lipinski definition) is 4. The quantitative estimate of drug-likeness (QED) is 0.548. The maximum atomic E-state index is 12.9. The van der Waals surface area contributed by atoms with Gasteiger partial charge in [0, 0.05) is 12.2 Å². The molecule has 0 aromatic carbocycles. The maximum absolute atomic E-state index is 12.9. The third-order valence-electron chi connectivity index (χ3n) is 4.45. The third kappa shape index (κ3) is 3.59. The number of fused-ring (bicyclic) bond motifs is 1.